The highest BCUT2D eigenvalue weighted by atomic mass is 32.1. The summed E-state index contributed by atoms with van der Waals surface area (Å²) in [6.07, 6.45) is -4.55. The molecule has 0 amide bonds. The van der Waals surface area contributed by atoms with Gasteiger partial charge in [0.25, 0.3) is 0 Å². The molecule has 4 N–H and O–H groups in total. The Morgan fingerprint density at radius 2 is 2.16 bits per heavy atom. The molecule has 2 unspecified atom stereocenters. The number of halogens is 3. The first-order valence-electron chi connectivity index (χ1n) is 5.59. The lowest BCUT2D eigenvalue weighted by Gasteiger charge is -2.21. The molecule has 2 atom stereocenters. The van der Waals surface area contributed by atoms with Crippen molar-refractivity contribution >= 4 is 17.2 Å². The van der Waals surface area contributed by atoms with Crippen molar-refractivity contribution < 1.29 is 18.4 Å². The highest BCUT2D eigenvalue weighted by Gasteiger charge is 2.42. The Morgan fingerprint density at radius 3 is 2.58 bits per heavy atom. The Kier molecular flexibility index (Phi) is 5.19. The van der Waals surface area contributed by atoms with Gasteiger partial charge >= 0.3 is 6.18 Å². The summed E-state index contributed by atoms with van der Waals surface area (Å²) in [5, 5.41) is 13.6. The van der Waals surface area contributed by atoms with Gasteiger partial charge in [0.2, 0.25) is 0 Å². The van der Waals surface area contributed by atoms with Gasteiger partial charge in [-0.25, -0.2) is 0 Å². The van der Waals surface area contributed by atoms with Crippen LogP contribution in [0.25, 0.3) is 0 Å². The van der Waals surface area contributed by atoms with Crippen LogP contribution in [0, 0.1) is 12.8 Å². The van der Waals surface area contributed by atoms with Crippen molar-refractivity contribution in [2.24, 2.45) is 16.8 Å². The van der Waals surface area contributed by atoms with Crippen LogP contribution in [0.4, 0.5) is 13.2 Å². The third-order valence-corrected chi connectivity index (χ3v) is 3.87. The SMILES string of the molecule is Cc1ccc(C(C)NCC(/C(N)=N/O)C(F)(F)F)s1. The quantitative estimate of drug-likeness (QED) is 0.338. The standard InChI is InChI=1S/C11H16F3N3OS/c1-6-3-4-9(19-6)7(2)16-5-8(10(15)17-18)11(12,13)14/h3-4,7-8,16,18H,5H2,1-2H3,(H2,15,17). The van der Waals surface area contributed by atoms with Gasteiger partial charge in [-0.3, -0.25) is 0 Å². The van der Waals surface area contributed by atoms with E-state index in [2.05, 4.69) is 10.5 Å². The number of thiophene rings is 1. The molecule has 0 saturated heterocycles. The highest BCUT2D eigenvalue weighted by Crippen LogP contribution is 2.27. The first-order chi connectivity index (χ1) is 8.75. The molecule has 4 nitrogen and oxygen atoms in total. The predicted octanol–water partition coefficient (Wildman–Crippen LogP) is 2.63. The fourth-order valence-electron chi connectivity index (χ4n) is 1.54. The van der Waals surface area contributed by atoms with Gasteiger partial charge in [0, 0.05) is 22.3 Å². The Labute approximate surface area is 113 Å². The summed E-state index contributed by atoms with van der Waals surface area (Å²) in [6.45, 7) is 3.26. The molecule has 0 aliphatic rings. The molecule has 1 aromatic rings. The lowest BCUT2D eigenvalue weighted by molar-refractivity contribution is -0.155. The Hall–Kier alpha value is -1.28. The zero-order valence-electron chi connectivity index (χ0n) is 10.5. The summed E-state index contributed by atoms with van der Waals surface area (Å²) >= 11 is 1.51. The van der Waals surface area contributed by atoms with Gasteiger partial charge in [-0.2, -0.15) is 13.2 Å². The van der Waals surface area contributed by atoms with E-state index in [0.29, 0.717) is 0 Å². The molecule has 0 bridgehead atoms. The Bertz CT molecular complexity index is 445. The first kappa shape index (κ1) is 15.8. The lowest BCUT2D eigenvalue weighted by Crippen LogP contribution is -2.43. The van der Waals surface area contributed by atoms with Crippen LogP contribution in [0.5, 0.6) is 0 Å². The van der Waals surface area contributed by atoms with E-state index >= 15 is 0 Å². The number of oxime groups is 1. The molecule has 0 radical (unpaired) electrons. The number of nitrogens with zero attached hydrogens (tertiary/aromatic N) is 1. The van der Waals surface area contributed by atoms with Crippen molar-refractivity contribution in [3.8, 4) is 0 Å². The summed E-state index contributed by atoms with van der Waals surface area (Å²) in [5.41, 5.74) is 5.07. The van der Waals surface area contributed by atoms with Crippen molar-refractivity contribution in [1.82, 2.24) is 5.32 Å². The van der Waals surface area contributed by atoms with Crippen LogP contribution < -0.4 is 11.1 Å². The Morgan fingerprint density at radius 1 is 1.53 bits per heavy atom. The van der Waals surface area contributed by atoms with Crippen molar-refractivity contribution in [2.75, 3.05) is 6.54 Å². The molecular weight excluding hydrogens is 279 g/mol. The smallest absolute Gasteiger partial charge is 0.400 e. The number of nitrogens with one attached hydrogen (secondary N) is 1. The predicted molar refractivity (Wildman–Crippen MR) is 68.4 cm³/mol. The average Bonchev–Trinajstić information content (AvgIpc) is 2.73. The second-order valence-electron chi connectivity index (χ2n) is 4.20. The van der Waals surface area contributed by atoms with Gasteiger partial charge in [0.15, 0.2) is 5.84 Å². The maximum Gasteiger partial charge on any atom is 0.400 e. The Balaban J connectivity index is 2.67. The molecule has 0 aromatic carbocycles. The molecule has 1 heterocycles. The fourth-order valence-corrected chi connectivity index (χ4v) is 2.44. The van der Waals surface area contributed by atoms with Gasteiger partial charge in [-0.1, -0.05) is 5.16 Å². The van der Waals surface area contributed by atoms with Gasteiger partial charge in [0.05, 0.1) is 0 Å². The molecule has 1 aromatic heterocycles. The molecular formula is C11H16F3N3OS. The van der Waals surface area contributed by atoms with E-state index in [-0.39, 0.29) is 6.04 Å². The van der Waals surface area contributed by atoms with Crippen LogP contribution in [0.2, 0.25) is 0 Å². The van der Waals surface area contributed by atoms with E-state index in [0.717, 1.165) is 9.75 Å². The van der Waals surface area contributed by atoms with Crippen molar-refractivity contribution in [1.29, 1.82) is 0 Å². The third kappa shape index (κ3) is 4.39. The summed E-state index contributed by atoms with van der Waals surface area (Å²) in [5.74, 6) is -2.84. The number of alkyl halides is 3. The summed E-state index contributed by atoms with van der Waals surface area (Å²) in [7, 11) is 0. The van der Waals surface area contributed by atoms with Crippen molar-refractivity contribution in [3.05, 3.63) is 21.9 Å². The number of hydrogen-bond donors (Lipinski definition) is 3. The van der Waals surface area contributed by atoms with Crippen LogP contribution in [-0.2, 0) is 0 Å². The molecule has 8 heteroatoms. The van der Waals surface area contributed by atoms with Crippen LogP contribution in [0.1, 0.15) is 22.7 Å². The zero-order chi connectivity index (χ0) is 14.6. The van der Waals surface area contributed by atoms with E-state index in [4.69, 9.17) is 10.9 Å². The minimum Gasteiger partial charge on any atom is -0.409 e. The fraction of sp³-hybridized carbons (Fsp3) is 0.545. The summed E-state index contributed by atoms with van der Waals surface area (Å²) in [6, 6.07) is 3.54. The van der Waals surface area contributed by atoms with E-state index in [1.54, 1.807) is 6.92 Å². The molecule has 1 rings (SSSR count). The number of nitrogens with two attached hydrogens (primary N) is 1. The molecule has 108 valence electrons. The monoisotopic (exact) mass is 295 g/mol. The van der Waals surface area contributed by atoms with Crippen molar-refractivity contribution in [3.63, 3.8) is 0 Å². The highest BCUT2D eigenvalue weighted by molar-refractivity contribution is 7.12. The van der Waals surface area contributed by atoms with Gasteiger partial charge in [-0.15, -0.1) is 11.3 Å². The minimum atomic E-state index is -4.55. The summed E-state index contributed by atoms with van der Waals surface area (Å²) in [4.78, 5) is 2.03. The minimum absolute atomic E-state index is 0.227. The summed E-state index contributed by atoms with van der Waals surface area (Å²) < 4.78 is 38.1. The molecule has 0 saturated carbocycles. The van der Waals surface area contributed by atoms with E-state index in [9.17, 15) is 13.2 Å². The molecule has 0 spiro atoms. The molecule has 19 heavy (non-hydrogen) atoms. The van der Waals surface area contributed by atoms with Gasteiger partial charge in [0.1, 0.15) is 5.92 Å². The number of amidine groups is 1. The van der Waals surface area contributed by atoms with E-state index < -0.39 is 24.5 Å². The molecule has 0 fully saturated rings. The van der Waals surface area contributed by atoms with Gasteiger partial charge < -0.3 is 16.3 Å². The first-order valence-corrected chi connectivity index (χ1v) is 6.41. The second kappa shape index (κ2) is 6.25. The van der Waals surface area contributed by atoms with Crippen LogP contribution >= 0.6 is 11.3 Å². The van der Waals surface area contributed by atoms with Crippen LogP contribution in [0.3, 0.4) is 0 Å². The zero-order valence-corrected chi connectivity index (χ0v) is 11.3. The van der Waals surface area contributed by atoms with E-state index in [1.807, 2.05) is 19.1 Å². The number of aryl methyl sites for hydroxylation is 1. The van der Waals surface area contributed by atoms with Crippen LogP contribution in [0.15, 0.2) is 17.3 Å². The third-order valence-electron chi connectivity index (χ3n) is 2.68. The molecule has 0 aliphatic carbocycles. The maximum atomic E-state index is 12.7. The van der Waals surface area contributed by atoms with Gasteiger partial charge in [-0.05, 0) is 26.0 Å². The number of hydrogen-bond acceptors (Lipinski definition) is 4. The number of rotatable bonds is 5. The average molecular weight is 295 g/mol. The largest absolute Gasteiger partial charge is 0.409 e. The van der Waals surface area contributed by atoms with Crippen molar-refractivity contribution in [2.45, 2.75) is 26.1 Å². The van der Waals surface area contributed by atoms with E-state index in [1.165, 1.54) is 11.3 Å². The normalized spacial score (nSPS) is 16.4. The maximum absolute atomic E-state index is 12.7. The second-order valence-corrected chi connectivity index (χ2v) is 5.52. The lowest BCUT2D eigenvalue weighted by atomic mass is 10.1. The van der Waals surface area contributed by atoms with Crippen LogP contribution in [-0.4, -0.2) is 23.8 Å². The molecule has 0 aliphatic heterocycles. The topological polar surface area (TPSA) is 70.6 Å².